The maximum Gasteiger partial charge on any atom is 0.191 e. The molecule has 1 aliphatic rings. The van der Waals surface area contributed by atoms with E-state index in [0.29, 0.717) is 5.25 Å². The van der Waals surface area contributed by atoms with Crippen LogP contribution in [0.1, 0.15) is 6.92 Å². The van der Waals surface area contributed by atoms with Crippen LogP contribution in [0.3, 0.4) is 0 Å². The van der Waals surface area contributed by atoms with Gasteiger partial charge in [-0.3, -0.25) is 0 Å². The van der Waals surface area contributed by atoms with Crippen LogP contribution >= 0.6 is 11.8 Å². The molecule has 2 aromatic rings. The van der Waals surface area contributed by atoms with E-state index in [0.717, 1.165) is 28.8 Å². The quantitative estimate of drug-likeness (QED) is 0.764. The number of nitrogen functional groups attached to an aromatic ring is 1. The highest BCUT2D eigenvalue weighted by Crippen LogP contribution is 2.34. The van der Waals surface area contributed by atoms with Crippen molar-refractivity contribution in [3.8, 4) is 11.4 Å². The van der Waals surface area contributed by atoms with Crippen molar-refractivity contribution in [2.75, 3.05) is 5.73 Å². The topological polar surface area (TPSA) is 56.7 Å². The molecule has 4 nitrogen and oxygen atoms in total. The molecule has 1 aromatic carbocycles. The van der Waals surface area contributed by atoms with Gasteiger partial charge >= 0.3 is 0 Å². The number of rotatable bonds is 1. The molecule has 0 amide bonds. The Bertz CT molecular complexity index is 535. The number of nitrogens with two attached hydrogens (primary N) is 1. The van der Waals surface area contributed by atoms with Gasteiger partial charge in [0.15, 0.2) is 11.0 Å². The SMILES string of the molecule is C[C@H]1Cn2c(nnc2-c2cccc(N)c2)S1. The fraction of sp³-hybridized carbons (Fsp3) is 0.273. The minimum atomic E-state index is 0.574. The van der Waals surface area contributed by atoms with Gasteiger partial charge < -0.3 is 10.3 Å². The summed E-state index contributed by atoms with van der Waals surface area (Å²) in [6.45, 7) is 3.17. The van der Waals surface area contributed by atoms with Gasteiger partial charge in [-0.1, -0.05) is 30.8 Å². The molecule has 0 unspecified atom stereocenters. The van der Waals surface area contributed by atoms with Crippen LogP contribution in [0.25, 0.3) is 11.4 Å². The first kappa shape index (κ1) is 9.72. The molecule has 1 aliphatic heterocycles. The van der Waals surface area contributed by atoms with E-state index in [1.165, 1.54) is 0 Å². The third kappa shape index (κ3) is 1.48. The molecule has 82 valence electrons. The van der Waals surface area contributed by atoms with Gasteiger partial charge in [-0.05, 0) is 12.1 Å². The third-order valence-corrected chi connectivity index (χ3v) is 3.67. The second-order valence-electron chi connectivity index (χ2n) is 3.97. The van der Waals surface area contributed by atoms with Crippen LogP contribution in [-0.4, -0.2) is 20.0 Å². The lowest BCUT2D eigenvalue weighted by Gasteiger charge is -2.04. The molecule has 2 N–H and O–H groups in total. The predicted octanol–water partition coefficient (Wildman–Crippen LogP) is 2.02. The van der Waals surface area contributed by atoms with E-state index < -0.39 is 0 Å². The average Bonchev–Trinajstić information content (AvgIpc) is 2.76. The van der Waals surface area contributed by atoms with Gasteiger partial charge in [0.05, 0.1) is 0 Å². The molecule has 16 heavy (non-hydrogen) atoms. The van der Waals surface area contributed by atoms with Gasteiger partial charge in [0.1, 0.15) is 0 Å². The first-order valence-electron chi connectivity index (χ1n) is 5.20. The summed E-state index contributed by atoms with van der Waals surface area (Å²) in [6, 6.07) is 7.77. The van der Waals surface area contributed by atoms with E-state index in [9.17, 15) is 0 Å². The number of hydrogen-bond acceptors (Lipinski definition) is 4. The fourth-order valence-corrected chi connectivity index (χ4v) is 2.87. The molecule has 0 aliphatic carbocycles. The van der Waals surface area contributed by atoms with Gasteiger partial charge in [-0.15, -0.1) is 10.2 Å². The molecule has 0 bridgehead atoms. The van der Waals surface area contributed by atoms with E-state index in [4.69, 9.17) is 5.73 Å². The summed E-state index contributed by atoms with van der Waals surface area (Å²) in [6.07, 6.45) is 0. The van der Waals surface area contributed by atoms with Crippen molar-refractivity contribution in [3.05, 3.63) is 24.3 Å². The second-order valence-corrected chi connectivity index (χ2v) is 5.38. The minimum Gasteiger partial charge on any atom is -0.399 e. The Morgan fingerprint density at radius 1 is 1.44 bits per heavy atom. The van der Waals surface area contributed by atoms with Crippen molar-refractivity contribution in [1.29, 1.82) is 0 Å². The summed E-state index contributed by atoms with van der Waals surface area (Å²) in [4.78, 5) is 0. The van der Waals surface area contributed by atoms with Crippen LogP contribution in [0.2, 0.25) is 0 Å². The lowest BCUT2D eigenvalue weighted by Crippen LogP contribution is -2.03. The first-order valence-corrected chi connectivity index (χ1v) is 6.08. The number of thioether (sulfide) groups is 1. The molecule has 0 saturated carbocycles. The molecule has 3 rings (SSSR count). The number of aromatic nitrogens is 3. The predicted molar refractivity (Wildman–Crippen MR) is 65.2 cm³/mol. The van der Waals surface area contributed by atoms with E-state index >= 15 is 0 Å². The van der Waals surface area contributed by atoms with E-state index in [1.807, 2.05) is 24.3 Å². The van der Waals surface area contributed by atoms with Crippen LogP contribution in [0.15, 0.2) is 29.4 Å². The van der Waals surface area contributed by atoms with E-state index in [-0.39, 0.29) is 0 Å². The Labute approximate surface area is 97.9 Å². The summed E-state index contributed by atoms with van der Waals surface area (Å²) < 4.78 is 2.16. The van der Waals surface area contributed by atoms with Crippen molar-refractivity contribution < 1.29 is 0 Å². The van der Waals surface area contributed by atoms with Gasteiger partial charge in [-0.25, -0.2) is 0 Å². The summed E-state index contributed by atoms with van der Waals surface area (Å²) >= 11 is 1.77. The monoisotopic (exact) mass is 232 g/mol. The molecular weight excluding hydrogens is 220 g/mol. The molecule has 1 atom stereocenters. The summed E-state index contributed by atoms with van der Waals surface area (Å²) in [7, 11) is 0. The highest BCUT2D eigenvalue weighted by atomic mass is 32.2. The standard InChI is InChI=1S/C11H12N4S/c1-7-6-15-10(13-14-11(15)16-7)8-3-2-4-9(12)5-8/h2-5,7H,6,12H2,1H3/t7-/m0/s1. The van der Waals surface area contributed by atoms with Crippen molar-refractivity contribution in [2.24, 2.45) is 0 Å². The maximum absolute atomic E-state index is 5.77. The van der Waals surface area contributed by atoms with Crippen molar-refractivity contribution in [2.45, 2.75) is 23.9 Å². The van der Waals surface area contributed by atoms with Gasteiger partial charge in [-0.2, -0.15) is 0 Å². The molecular formula is C11H12N4S. The summed E-state index contributed by atoms with van der Waals surface area (Å²) in [5.41, 5.74) is 7.57. The lowest BCUT2D eigenvalue weighted by molar-refractivity contribution is 0.675. The van der Waals surface area contributed by atoms with Gasteiger partial charge in [0.25, 0.3) is 0 Å². The molecule has 0 spiro atoms. The molecule has 0 radical (unpaired) electrons. The van der Waals surface area contributed by atoms with Gasteiger partial charge in [0.2, 0.25) is 0 Å². The number of benzene rings is 1. The molecule has 0 saturated heterocycles. The minimum absolute atomic E-state index is 0.574. The maximum atomic E-state index is 5.77. The van der Waals surface area contributed by atoms with Crippen LogP contribution in [0.5, 0.6) is 0 Å². The summed E-state index contributed by atoms with van der Waals surface area (Å²) in [5.74, 6) is 0.916. The number of fused-ring (bicyclic) bond motifs is 1. The van der Waals surface area contributed by atoms with Crippen LogP contribution < -0.4 is 5.73 Å². The van der Waals surface area contributed by atoms with E-state index in [1.54, 1.807) is 11.8 Å². The number of hydrogen-bond donors (Lipinski definition) is 1. The normalized spacial score (nSPS) is 18.7. The highest BCUT2D eigenvalue weighted by Gasteiger charge is 2.24. The molecule has 5 heteroatoms. The smallest absolute Gasteiger partial charge is 0.191 e. The zero-order valence-electron chi connectivity index (χ0n) is 8.92. The Hall–Kier alpha value is -1.49. The van der Waals surface area contributed by atoms with Crippen molar-refractivity contribution in [3.63, 3.8) is 0 Å². The zero-order chi connectivity index (χ0) is 11.1. The van der Waals surface area contributed by atoms with Crippen LogP contribution in [0.4, 0.5) is 5.69 Å². The fourth-order valence-electron chi connectivity index (χ4n) is 1.91. The zero-order valence-corrected chi connectivity index (χ0v) is 9.74. The van der Waals surface area contributed by atoms with Crippen molar-refractivity contribution >= 4 is 17.4 Å². The number of nitrogens with zero attached hydrogens (tertiary/aromatic N) is 3. The Balaban J connectivity index is 2.08. The van der Waals surface area contributed by atoms with Gasteiger partial charge in [0, 0.05) is 23.0 Å². The first-order chi connectivity index (χ1) is 7.74. The second kappa shape index (κ2) is 3.52. The number of anilines is 1. The highest BCUT2D eigenvalue weighted by molar-refractivity contribution is 7.99. The Morgan fingerprint density at radius 3 is 3.12 bits per heavy atom. The van der Waals surface area contributed by atoms with Crippen molar-refractivity contribution in [1.82, 2.24) is 14.8 Å². The summed E-state index contributed by atoms with van der Waals surface area (Å²) in [5, 5.41) is 9.99. The Morgan fingerprint density at radius 2 is 2.31 bits per heavy atom. The molecule has 1 aromatic heterocycles. The van der Waals surface area contributed by atoms with E-state index in [2.05, 4.69) is 21.7 Å². The third-order valence-electron chi connectivity index (χ3n) is 2.61. The van der Waals surface area contributed by atoms with Crippen LogP contribution in [0, 0.1) is 0 Å². The average molecular weight is 232 g/mol. The van der Waals surface area contributed by atoms with Crippen LogP contribution in [-0.2, 0) is 6.54 Å². The Kier molecular flexibility index (Phi) is 2.14. The largest absolute Gasteiger partial charge is 0.399 e. The molecule has 2 heterocycles. The lowest BCUT2D eigenvalue weighted by atomic mass is 10.2. The molecule has 0 fully saturated rings.